The number of hydrogen-bond acceptors (Lipinski definition) is 5. The monoisotopic (exact) mass is 460 g/mol. The summed E-state index contributed by atoms with van der Waals surface area (Å²) < 4.78 is 14.7. The molecule has 2 aromatic carbocycles. The van der Waals surface area contributed by atoms with E-state index in [1.165, 1.54) is 24.1 Å². The van der Waals surface area contributed by atoms with E-state index in [9.17, 15) is 18.8 Å². The van der Waals surface area contributed by atoms with Crippen molar-refractivity contribution in [2.24, 2.45) is 0 Å². The topological polar surface area (TPSA) is 124 Å². The highest BCUT2D eigenvalue weighted by Gasteiger charge is 2.29. The van der Waals surface area contributed by atoms with Crippen LogP contribution >= 0.6 is 0 Å². The number of nitrogens with zero attached hydrogens (tertiary/aromatic N) is 3. The Labute approximate surface area is 193 Å². The third-order valence-electron chi connectivity index (χ3n) is 6.07. The maximum absolute atomic E-state index is 14.7. The van der Waals surface area contributed by atoms with Crippen LogP contribution in [0, 0.1) is 5.82 Å². The quantitative estimate of drug-likeness (QED) is 0.429. The molecule has 3 heterocycles. The minimum Gasteiger partial charge on any atom is -0.354 e. The Morgan fingerprint density at radius 1 is 1.12 bits per heavy atom. The predicted octanol–water partition coefficient (Wildman–Crippen LogP) is 1.93. The largest absolute Gasteiger partial charge is 0.354 e. The van der Waals surface area contributed by atoms with E-state index in [-0.39, 0.29) is 23.6 Å². The first-order chi connectivity index (χ1) is 16.5. The van der Waals surface area contributed by atoms with Gasteiger partial charge in [-0.1, -0.05) is 24.3 Å². The lowest BCUT2D eigenvalue weighted by Gasteiger charge is -2.27. The Balaban J connectivity index is 1.41. The van der Waals surface area contributed by atoms with Crippen molar-refractivity contribution in [1.29, 1.82) is 0 Å². The molecule has 9 nitrogen and oxygen atoms in total. The molecular weight excluding hydrogens is 439 g/mol. The fourth-order valence-electron chi connectivity index (χ4n) is 4.31. The molecule has 5 rings (SSSR count). The van der Waals surface area contributed by atoms with Gasteiger partial charge in [-0.2, -0.15) is 10.2 Å². The van der Waals surface area contributed by atoms with Crippen LogP contribution < -0.4 is 10.9 Å². The van der Waals surface area contributed by atoms with Crippen LogP contribution in [-0.4, -0.2) is 50.7 Å². The van der Waals surface area contributed by atoms with Gasteiger partial charge in [0.1, 0.15) is 5.82 Å². The zero-order valence-corrected chi connectivity index (χ0v) is 18.3. The molecule has 1 aliphatic heterocycles. The fourth-order valence-corrected chi connectivity index (χ4v) is 4.31. The minimum absolute atomic E-state index is 0.0410. The fraction of sp³-hybridized carbons (Fsp3) is 0.208. The summed E-state index contributed by atoms with van der Waals surface area (Å²) in [5.41, 5.74) is 2.75. The van der Waals surface area contributed by atoms with Gasteiger partial charge in [-0.25, -0.2) is 9.49 Å². The molecule has 0 aliphatic carbocycles. The van der Waals surface area contributed by atoms with Crippen molar-refractivity contribution in [3.8, 4) is 0 Å². The number of carbonyl (C=O) groups excluding carboxylic acids is 2. The highest BCUT2D eigenvalue weighted by molar-refractivity contribution is 5.96. The van der Waals surface area contributed by atoms with Gasteiger partial charge in [0.2, 0.25) is 0 Å². The molecule has 4 aromatic rings. The average molecular weight is 460 g/mol. The lowest BCUT2D eigenvalue weighted by molar-refractivity contribution is 0.0727. The smallest absolute Gasteiger partial charge is 0.272 e. The summed E-state index contributed by atoms with van der Waals surface area (Å²) >= 11 is 0. The SMILES string of the molecule is CNC(=O)c1n[nH]c2c1CCN(C(=O)c1cc(Cc3n[nH]c(=O)c4ccccc34)ccc1F)C2. The van der Waals surface area contributed by atoms with Crippen molar-refractivity contribution in [2.45, 2.75) is 19.4 Å². The molecule has 0 unspecified atom stereocenters. The van der Waals surface area contributed by atoms with E-state index >= 15 is 0 Å². The normalized spacial score (nSPS) is 13.1. The second-order valence-corrected chi connectivity index (χ2v) is 8.12. The van der Waals surface area contributed by atoms with Crippen molar-refractivity contribution in [3.63, 3.8) is 0 Å². The molecule has 0 saturated carbocycles. The number of H-pyrrole nitrogens is 2. The molecule has 0 radical (unpaired) electrons. The van der Waals surface area contributed by atoms with Crippen molar-refractivity contribution < 1.29 is 14.0 Å². The second-order valence-electron chi connectivity index (χ2n) is 8.12. The van der Waals surface area contributed by atoms with Crippen LogP contribution in [0.4, 0.5) is 4.39 Å². The Bertz CT molecular complexity index is 1490. The maximum Gasteiger partial charge on any atom is 0.272 e. The zero-order chi connectivity index (χ0) is 23.8. The summed E-state index contributed by atoms with van der Waals surface area (Å²) in [6, 6.07) is 11.5. The third kappa shape index (κ3) is 3.72. The number of aromatic nitrogens is 4. The van der Waals surface area contributed by atoms with E-state index in [1.807, 2.05) is 12.1 Å². The Kier molecular flexibility index (Phi) is 5.40. The van der Waals surface area contributed by atoms with Crippen LogP contribution in [0.15, 0.2) is 47.3 Å². The maximum atomic E-state index is 14.7. The van der Waals surface area contributed by atoms with Crippen LogP contribution in [0.25, 0.3) is 10.8 Å². The molecule has 2 amide bonds. The molecule has 1 aliphatic rings. The van der Waals surface area contributed by atoms with E-state index in [1.54, 1.807) is 18.2 Å². The number of fused-ring (bicyclic) bond motifs is 2. The molecule has 2 aromatic heterocycles. The summed E-state index contributed by atoms with van der Waals surface area (Å²) in [6.45, 7) is 0.541. The lowest BCUT2D eigenvalue weighted by atomic mass is 10.0. The first kappa shape index (κ1) is 21.5. The number of rotatable bonds is 4. The van der Waals surface area contributed by atoms with Crippen LogP contribution in [0.5, 0.6) is 0 Å². The van der Waals surface area contributed by atoms with Gasteiger partial charge in [0, 0.05) is 31.0 Å². The van der Waals surface area contributed by atoms with E-state index in [4.69, 9.17) is 0 Å². The van der Waals surface area contributed by atoms with Gasteiger partial charge in [-0.15, -0.1) is 0 Å². The standard InChI is InChI=1S/C24H21FN6O3/c1-26-23(33)21-16-8-9-31(12-20(16)28-29-21)24(34)17-10-13(6-7-18(17)25)11-19-14-4-2-3-5-15(14)22(32)30-27-19/h2-7,10H,8-9,11-12H2,1H3,(H,26,33)(H,28,29)(H,30,32). The van der Waals surface area contributed by atoms with Gasteiger partial charge in [0.05, 0.1) is 28.9 Å². The van der Waals surface area contributed by atoms with Gasteiger partial charge in [0.15, 0.2) is 5.69 Å². The molecule has 0 atom stereocenters. The van der Waals surface area contributed by atoms with Crippen LogP contribution in [-0.2, 0) is 19.4 Å². The minimum atomic E-state index is -0.616. The van der Waals surface area contributed by atoms with Gasteiger partial charge in [-0.3, -0.25) is 19.5 Å². The number of benzene rings is 2. The van der Waals surface area contributed by atoms with Crippen molar-refractivity contribution in [1.82, 2.24) is 30.6 Å². The molecule has 34 heavy (non-hydrogen) atoms. The summed E-state index contributed by atoms with van der Waals surface area (Å²) in [5, 5.41) is 17.3. The Morgan fingerprint density at radius 3 is 2.71 bits per heavy atom. The van der Waals surface area contributed by atoms with Crippen LogP contribution in [0.2, 0.25) is 0 Å². The number of amides is 2. The molecule has 3 N–H and O–H groups in total. The van der Waals surface area contributed by atoms with Crippen LogP contribution in [0.1, 0.15) is 43.4 Å². The van der Waals surface area contributed by atoms with Crippen molar-refractivity contribution in [3.05, 3.63) is 92.4 Å². The zero-order valence-electron chi connectivity index (χ0n) is 18.3. The first-order valence-corrected chi connectivity index (χ1v) is 10.8. The van der Waals surface area contributed by atoms with E-state index in [2.05, 4.69) is 25.7 Å². The molecule has 0 saturated heterocycles. The lowest BCUT2D eigenvalue weighted by Crippen LogP contribution is -2.37. The summed E-state index contributed by atoms with van der Waals surface area (Å²) in [4.78, 5) is 38.7. The second kappa shape index (κ2) is 8.54. The van der Waals surface area contributed by atoms with Gasteiger partial charge < -0.3 is 10.2 Å². The summed E-state index contributed by atoms with van der Waals surface area (Å²) in [7, 11) is 1.53. The Morgan fingerprint density at radius 2 is 1.91 bits per heavy atom. The number of hydrogen-bond donors (Lipinski definition) is 3. The molecule has 0 fully saturated rings. The van der Waals surface area contributed by atoms with Crippen molar-refractivity contribution >= 4 is 22.6 Å². The molecular formula is C24H21FN6O3. The number of halogens is 1. The van der Waals surface area contributed by atoms with Gasteiger partial charge in [-0.05, 0) is 30.2 Å². The predicted molar refractivity (Wildman–Crippen MR) is 122 cm³/mol. The van der Waals surface area contributed by atoms with Gasteiger partial charge in [0.25, 0.3) is 17.4 Å². The number of nitrogens with one attached hydrogen (secondary N) is 3. The summed E-state index contributed by atoms with van der Waals surface area (Å²) in [6.07, 6.45) is 0.757. The van der Waals surface area contributed by atoms with E-state index < -0.39 is 11.7 Å². The highest BCUT2D eigenvalue weighted by Crippen LogP contribution is 2.24. The van der Waals surface area contributed by atoms with Crippen LogP contribution in [0.3, 0.4) is 0 Å². The van der Waals surface area contributed by atoms with Gasteiger partial charge >= 0.3 is 0 Å². The third-order valence-corrected chi connectivity index (χ3v) is 6.07. The average Bonchev–Trinajstić information content (AvgIpc) is 3.29. The number of carbonyl (C=O) groups is 2. The molecule has 10 heteroatoms. The molecule has 0 bridgehead atoms. The highest BCUT2D eigenvalue weighted by atomic mass is 19.1. The van der Waals surface area contributed by atoms with E-state index in [0.717, 1.165) is 5.56 Å². The molecule has 172 valence electrons. The number of aromatic amines is 2. The summed E-state index contributed by atoms with van der Waals surface area (Å²) in [5.74, 6) is -1.35. The van der Waals surface area contributed by atoms with Crippen molar-refractivity contribution in [2.75, 3.05) is 13.6 Å². The molecule has 0 spiro atoms. The van der Waals surface area contributed by atoms with E-state index in [0.29, 0.717) is 52.8 Å². The Hall–Kier alpha value is -4.34. The first-order valence-electron chi connectivity index (χ1n) is 10.8.